The molecule has 0 atom stereocenters. The minimum absolute atomic E-state index is 0.111. The van der Waals surface area contributed by atoms with Gasteiger partial charge in [-0.2, -0.15) is 8.42 Å². The highest BCUT2D eigenvalue weighted by Gasteiger charge is 2.14. The van der Waals surface area contributed by atoms with Crippen molar-refractivity contribution in [2.24, 2.45) is 11.4 Å². The van der Waals surface area contributed by atoms with Crippen molar-refractivity contribution >= 4 is 43.2 Å². The first-order valence-electron chi connectivity index (χ1n) is 7.19. The number of nitrogens with zero attached hydrogens (tertiary/aromatic N) is 2. The van der Waals surface area contributed by atoms with Crippen molar-refractivity contribution in [3.8, 4) is 5.75 Å². The van der Waals surface area contributed by atoms with Gasteiger partial charge in [-0.3, -0.25) is 0 Å². The Balaban J connectivity index is 2.12. The van der Waals surface area contributed by atoms with Crippen molar-refractivity contribution in [3.05, 3.63) is 52.3 Å². The number of hydrogen-bond donors (Lipinski definition) is 0. The molecule has 0 N–H and O–H groups in total. The average molecular weight is 383 g/mol. The van der Waals surface area contributed by atoms with Crippen LogP contribution in [-0.2, 0) is 17.1 Å². The summed E-state index contributed by atoms with van der Waals surface area (Å²) in [6.07, 6.45) is 0. The van der Waals surface area contributed by atoms with Crippen LogP contribution in [0.4, 0.5) is 0 Å². The van der Waals surface area contributed by atoms with E-state index < -0.39 is 10.0 Å². The van der Waals surface area contributed by atoms with Gasteiger partial charge in [-0.15, -0.1) is 4.40 Å². The maximum Gasteiger partial charge on any atom is 0.285 e. The SMILES string of the molecule is CCOc1ccc2c(c1)sc(=NS(=O)(=O)c1ccc(Cl)cc1)n2C. The van der Waals surface area contributed by atoms with Crippen LogP contribution >= 0.6 is 22.9 Å². The molecule has 1 heterocycles. The molecule has 0 bridgehead atoms. The second kappa shape index (κ2) is 6.58. The van der Waals surface area contributed by atoms with Crippen LogP contribution in [0.15, 0.2) is 51.8 Å². The normalized spacial score (nSPS) is 12.7. The molecule has 0 saturated carbocycles. The zero-order valence-electron chi connectivity index (χ0n) is 13.1. The molecule has 0 saturated heterocycles. The lowest BCUT2D eigenvalue weighted by Gasteiger charge is -2.02. The second-order valence-electron chi connectivity index (χ2n) is 5.03. The molecule has 0 radical (unpaired) electrons. The number of benzene rings is 2. The molecule has 0 unspecified atom stereocenters. The molecule has 24 heavy (non-hydrogen) atoms. The molecule has 0 aliphatic rings. The summed E-state index contributed by atoms with van der Waals surface area (Å²) < 4.78 is 37.1. The van der Waals surface area contributed by atoms with E-state index in [1.807, 2.05) is 25.1 Å². The van der Waals surface area contributed by atoms with E-state index in [1.54, 1.807) is 11.6 Å². The van der Waals surface area contributed by atoms with Gasteiger partial charge in [-0.25, -0.2) is 0 Å². The van der Waals surface area contributed by atoms with Crippen LogP contribution in [0.25, 0.3) is 10.2 Å². The van der Waals surface area contributed by atoms with Gasteiger partial charge in [0.05, 0.1) is 21.7 Å². The zero-order valence-corrected chi connectivity index (χ0v) is 15.5. The largest absolute Gasteiger partial charge is 0.494 e. The predicted molar refractivity (Wildman–Crippen MR) is 96.2 cm³/mol. The second-order valence-corrected chi connectivity index (χ2v) is 8.08. The smallest absolute Gasteiger partial charge is 0.285 e. The summed E-state index contributed by atoms with van der Waals surface area (Å²) in [4.78, 5) is 0.507. The van der Waals surface area contributed by atoms with Crippen molar-refractivity contribution in [1.82, 2.24) is 4.57 Å². The highest BCUT2D eigenvalue weighted by molar-refractivity contribution is 7.90. The van der Waals surface area contributed by atoms with Crippen molar-refractivity contribution in [1.29, 1.82) is 0 Å². The molecule has 5 nitrogen and oxygen atoms in total. The third kappa shape index (κ3) is 3.33. The lowest BCUT2D eigenvalue weighted by atomic mass is 10.3. The number of sulfonamides is 1. The van der Waals surface area contributed by atoms with E-state index in [2.05, 4.69) is 4.40 Å². The summed E-state index contributed by atoms with van der Waals surface area (Å²) in [5.41, 5.74) is 0.897. The minimum atomic E-state index is -3.80. The van der Waals surface area contributed by atoms with Gasteiger partial charge in [0.25, 0.3) is 10.0 Å². The molecule has 0 fully saturated rings. The maximum absolute atomic E-state index is 12.5. The first kappa shape index (κ1) is 17.0. The summed E-state index contributed by atoms with van der Waals surface area (Å²) in [6.45, 7) is 2.49. The molecular weight excluding hydrogens is 368 g/mol. The highest BCUT2D eigenvalue weighted by Crippen LogP contribution is 2.23. The molecule has 0 aliphatic heterocycles. The van der Waals surface area contributed by atoms with Gasteiger partial charge >= 0.3 is 0 Å². The van der Waals surface area contributed by atoms with Crippen LogP contribution in [0, 0.1) is 0 Å². The zero-order chi connectivity index (χ0) is 17.3. The maximum atomic E-state index is 12.5. The van der Waals surface area contributed by atoms with Crippen LogP contribution < -0.4 is 9.54 Å². The van der Waals surface area contributed by atoms with Crippen molar-refractivity contribution < 1.29 is 13.2 Å². The Labute approximate surface area is 148 Å². The standard InChI is InChI=1S/C16H15ClN2O3S2/c1-3-22-12-6-9-14-15(10-12)23-16(19(14)2)18-24(20,21)13-7-4-11(17)5-8-13/h4-10H,3H2,1-2H3. The van der Waals surface area contributed by atoms with Gasteiger partial charge in [0.1, 0.15) is 5.75 Å². The summed E-state index contributed by atoms with van der Waals surface area (Å²) in [5, 5.41) is 0.477. The summed E-state index contributed by atoms with van der Waals surface area (Å²) >= 11 is 7.10. The quantitative estimate of drug-likeness (QED) is 0.692. The minimum Gasteiger partial charge on any atom is -0.494 e. The number of fused-ring (bicyclic) bond motifs is 1. The average Bonchev–Trinajstić information content (AvgIpc) is 2.83. The number of thiazole rings is 1. The van der Waals surface area contributed by atoms with E-state index in [-0.39, 0.29) is 4.90 Å². The molecule has 126 valence electrons. The van der Waals surface area contributed by atoms with Crippen molar-refractivity contribution in [2.75, 3.05) is 6.61 Å². The summed E-state index contributed by atoms with van der Waals surface area (Å²) in [7, 11) is -2.01. The monoisotopic (exact) mass is 382 g/mol. The number of halogens is 1. The van der Waals surface area contributed by atoms with Crippen molar-refractivity contribution in [2.45, 2.75) is 11.8 Å². The van der Waals surface area contributed by atoms with Crippen LogP contribution in [0.2, 0.25) is 5.02 Å². The fourth-order valence-electron chi connectivity index (χ4n) is 2.22. The van der Waals surface area contributed by atoms with Gasteiger partial charge in [-0.05, 0) is 49.4 Å². The van der Waals surface area contributed by atoms with Gasteiger partial charge in [-0.1, -0.05) is 22.9 Å². The highest BCUT2D eigenvalue weighted by atomic mass is 35.5. The van der Waals surface area contributed by atoms with Gasteiger partial charge in [0.15, 0.2) is 0 Å². The Morgan fingerprint density at radius 1 is 1.21 bits per heavy atom. The molecule has 0 aliphatic carbocycles. The first-order valence-corrected chi connectivity index (χ1v) is 9.83. The fraction of sp³-hybridized carbons (Fsp3) is 0.188. The van der Waals surface area contributed by atoms with E-state index in [0.29, 0.717) is 16.4 Å². The van der Waals surface area contributed by atoms with E-state index >= 15 is 0 Å². The van der Waals surface area contributed by atoms with E-state index in [0.717, 1.165) is 16.0 Å². The lowest BCUT2D eigenvalue weighted by molar-refractivity contribution is 0.341. The number of ether oxygens (including phenoxy) is 1. The topological polar surface area (TPSA) is 60.7 Å². The number of rotatable bonds is 4. The third-order valence-corrected chi connectivity index (χ3v) is 6.14. The molecule has 3 aromatic rings. The third-order valence-electron chi connectivity index (χ3n) is 3.40. The molecule has 1 aromatic heterocycles. The molecule has 0 spiro atoms. The van der Waals surface area contributed by atoms with Crippen LogP contribution in [0.5, 0.6) is 5.75 Å². The molecule has 8 heteroatoms. The summed E-state index contributed by atoms with van der Waals surface area (Å²) in [6, 6.07) is 11.6. The van der Waals surface area contributed by atoms with Crippen LogP contribution in [0.1, 0.15) is 6.92 Å². The first-order chi connectivity index (χ1) is 11.4. The lowest BCUT2D eigenvalue weighted by Crippen LogP contribution is -2.13. The molecule has 3 rings (SSSR count). The Morgan fingerprint density at radius 2 is 1.92 bits per heavy atom. The fourth-order valence-corrected chi connectivity index (χ4v) is 4.62. The van der Waals surface area contributed by atoms with Gasteiger partial charge in [0, 0.05) is 12.1 Å². The van der Waals surface area contributed by atoms with E-state index in [1.165, 1.54) is 35.6 Å². The number of aryl methyl sites for hydroxylation is 1. The van der Waals surface area contributed by atoms with Gasteiger partial charge in [0.2, 0.25) is 4.80 Å². The Kier molecular flexibility index (Phi) is 4.67. The predicted octanol–water partition coefficient (Wildman–Crippen LogP) is 3.58. The Bertz CT molecular complexity index is 1050. The Morgan fingerprint density at radius 3 is 2.58 bits per heavy atom. The summed E-state index contributed by atoms with van der Waals surface area (Å²) in [5.74, 6) is 0.749. The molecule has 0 amide bonds. The van der Waals surface area contributed by atoms with Gasteiger partial charge < -0.3 is 9.30 Å². The van der Waals surface area contributed by atoms with E-state index in [4.69, 9.17) is 16.3 Å². The van der Waals surface area contributed by atoms with Crippen LogP contribution in [0.3, 0.4) is 0 Å². The Hall–Kier alpha value is -1.83. The van der Waals surface area contributed by atoms with Crippen LogP contribution in [-0.4, -0.2) is 19.6 Å². The number of hydrogen-bond acceptors (Lipinski definition) is 4. The van der Waals surface area contributed by atoms with E-state index in [9.17, 15) is 8.42 Å². The van der Waals surface area contributed by atoms with Crippen molar-refractivity contribution in [3.63, 3.8) is 0 Å². The molecule has 2 aromatic carbocycles. The molecular formula is C16H15ClN2O3S2. The number of aromatic nitrogens is 1.